The Morgan fingerprint density at radius 2 is 2.12 bits per heavy atom. The van der Waals surface area contributed by atoms with Crippen LogP contribution in [-0.4, -0.2) is 31.2 Å². The molecule has 3 aromatic rings. The minimum Gasteiger partial charge on any atom is -0.348 e. The molecule has 3 aromatic heterocycles. The van der Waals surface area contributed by atoms with Crippen molar-refractivity contribution in [3.05, 3.63) is 57.8 Å². The fourth-order valence-electron chi connectivity index (χ4n) is 3.16. The van der Waals surface area contributed by atoms with Crippen LogP contribution in [0, 0.1) is 0 Å². The van der Waals surface area contributed by atoms with E-state index in [1.165, 1.54) is 16.1 Å². The summed E-state index contributed by atoms with van der Waals surface area (Å²) in [5.74, 6) is 0.645. The lowest BCUT2D eigenvalue weighted by Gasteiger charge is -2.27. The normalized spacial score (nSPS) is 14.5. The molecular formula is C17H20N6S. The molecule has 1 aliphatic heterocycles. The number of anilines is 1. The van der Waals surface area contributed by atoms with Gasteiger partial charge in [0.1, 0.15) is 0 Å². The van der Waals surface area contributed by atoms with Crippen LogP contribution in [0.1, 0.15) is 21.8 Å². The number of fused-ring (bicyclic) bond motifs is 1. The number of rotatable bonds is 5. The van der Waals surface area contributed by atoms with Crippen LogP contribution in [0.4, 0.5) is 5.95 Å². The molecule has 0 aromatic carbocycles. The van der Waals surface area contributed by atoms with E-state index in [4.69, 9.17) is 5.10 Å². The van der Waals surface area contributed by atoms with Gasteiger partial charge < -0.3 is 5.32 Å². The number of aromatic nitrogens is 4. The van der Waals surface area contributed by atoms with Gasteiger partial charge in [-0.25, -0.2) is 9.97 Å². The number of hydrogen-bond donors (Lipinski definition) is 1. The van der Waals surface area contributed by atoms with Gasteiger partial charge in [-0.2, -0.15) is 5.10 Å². The standard InChI is InChI=1S/C17H20N6S/c1-22-16-12-23(11-13-4-2-9-24-13)8-5-14(16)15(21-22)10-20-17-18-6-3-7-19-17/h2-4,6-7,9H,5,8,10-12H2,1H3,(H,18,19,20). The van der Waals surface area contributed by atoms with Crippen molar-refractivity contribution in [1.29, 1.82) is 0 Å². The Morgan fingerprint density at radius 1 is 1.25 bits per heavy atom. The third kappa shape index (κ3) is 3.18. The topological polar surface area (TPSA) is 58.9 Å². The van der Waals surface area contributed by atoms with E-state index in [0.29, 0.717) is 12.5 Å². The third-order valence-electron chi connectivity index (χ3n) is 4.35. The van der Waals surface area contributed by atoms with Crippen molar-refractivity contribution in [2.24, 2.45) is 7.05 Å². The summed E-state index contributed by atoms with van der Waals surface area (Å²) in [6, 6.07) is 6.14. The zero-order valence-corrected chi connectivity index (χ0v) is 14.5. The van der Waals surface area contributed by atoms with E-state index in [-0.39, 0.29) is 0 Å². The maximum Gasteiger partial charge on any atom is 0.222 e. The molecule has 6 nitrogen and oxygen atoms in total. The maximum atomic E-state index is 4.71. The highest BCUT2D eigenvalue weighted by molar-refractivity contribution is 7.09. The van der Waals surface area contributed by atoms with Crippen molar-refractivity contribution in [2.45, 2.75) is 26.1 Å². The second kappa shape index (κ2) is 6.70. The molecule has 4 rings (SSSR count). The Balaban J connectivity index is 1.46. The first-order chi connectivity index (χ1) is 11.8. The van der Waals surface area contributed by atoms with Crippen LogP contribution >= 0.6 is 11.3 Å². The molecule has 24 heavy (non-hydrogen) atoms. The van der Waals surface area contributed by atoms with E-state index in [0.717, 1.165) is 31.7 Å². The quantitative estimate of drug-likeness (QED) is 0.773. The summed E-state index contributed by atoms with van der Waals surface area (Å²) in [5.41, 5.74) is 3.81. The van der Waals surface area contributed by atoms with Crippen LogP contribution in [0.2, 0.25) is 0 Å². The second-order valence-corrected chi connectivity index (χ2v) is 6.99. The second-order valence-electron chi connectivity index (χ2n) is 5.96. The molecule has 0 aliphatic carbocycles. The van der Waals surface area contributed by atoms with E-state index in [1.807, 2.05) is 29.1 Å². The molecule has 0 spiro atoms. The van der Waals surface area contributed by atoms with Gasteiger partial charge in [-0.3, -0.25) is 9.58 Å². The number of thiophene rings is 1. The highest BCUT2D eigenvalue weighted by atomic mass is 32.1. The molecule has 0 saturated heterocycles. The molecule has 0 atom stereocenters. The van der Waals surface area contributed by atoms with Crippen molar-refractivity contribution in [3.8, 4) is 0 Å². The minimum atomic E-state index is 0.645. The van der Waals surface area contributed by atoms with E-state index in [9.17, 15) is 0 Å². The SMILES string of the molecule is Cn1nc(CNc2ncccn2)c2c1CN(Cc1cccs1)CC2. The fourth-order valence-corrected chi connectivity index (χ4v) is 3.91. The summed E-state index contributed by atoms with van der Waals surface area (Å²) >= 11 is 1.83. The molecule has 1 N–H and O–H groups in total. The van der Waals surface area contributed by atoms with Crippen LogP contribution in [0.15, 0.2) is 36.0 Å². The summed E-state index contributed by atoms with van der Waals surface area (Å²) < 4.78 is 2.03. The monoisotopic (exact) mass is 340 g/mol. The molecule has 7 heteroatoms. The Labute approximate surface area is 145 Å². The molecule has 0 amide bonds. The van der Waals surface area contributed by atoms with Crippen LogP contribution in [0.5, 0.6) is 0 Å². The number of nitrogens with zero attached hydrogens (tertiary/aromatic N) is 5. The van der Waals surface area contributed by atoms with Gasteiger partial charge in [0.05, 0.1) is 17.9 Å². The van der Waals surface area contributed by atoms with Crippen LogP contribution in [0.3, 0.4) is 0 Å². The predicted octanol–water partition coefficient (Wildman–Crippen LogP) is 2.44. The first-order valence-corrected chi connectivity index (χ1v) is 8.97. The Morgan fingerprint density at radius 3 is 2.92 bits per heavy atom. The zero-order valence-electron chi connectivity index (χ0n) is 13.6. The third-order valence-corrected chi connectivity index (χ3v) is 5.21. The summed E-state index contributed by atoms with van der Waals surface area (Å²) in [4.78, 5) is 12.3. The van der Waals surface area contributed by atoms with E-state index in [1.54, 1.807) is 12.4 Å². The largest absolute Gasteiger partial charge is 0.348 e. The lowest BCUT2D eigenvalue weighted by Crippen LogP contribution is -2.30. The summed E-state index contributed by atoms with van der Waals surface area (Å²) in [5, 5.41) is 10.1. The van der Waals surface area contributed by atoms with E-state index < -0.39 is 0 Å². The maximum absolute atomic E-state index is 4.71. The zero-order chi connectivity index (χ0) is 16.4. The highest BCUT2D eigenvalue weighted by Crippen LogP contribution is 2.24. The molecular weight excluding hydrogens is 320 g/mol. The Kier molecular flexibility index (Phi) is 4.27. The lowest BCUT2D eigenvalue weighted by molar-refractivity contribution is 0.240. The molecule has 0 radical (unpaired) electrons. The molecule has 124 valence electrons. The van der Waals surface area contributed by atoms with Crippen molar-refractivity contribution < 1.29 is 0 Å². The Hall–Kier alpha value is -2.25. The summed E-state index contributed by atoms with van der Waals surface area (Å²) in [7, 11) is 2.04. The fraction of sp³-hybridized carbons (Fsp3) is 0.353. The highest BCUT2D eigenvalue weighted by Gasteiger charge is 2.23. The summed E-state index contributed by atoms with van der Waals surface area (Å²) in [6.07, 6.45) is 4.53. The first kappa shape index (κ1) is 15.3. The minimum absolute atomic E-state index is 0.645. The number of hydrogen-bond acceptors (Lipinski definition) is 6. The Bertz CT molecular complexity index is 796. The van der Waals surface area contributed by atoms with Crippen molar-refractivity contribution in [1.82, 2.24) is 24.6 Å². The van der Waals surface area contributed by atoms with Gasteiger partial charge in [0.2, 0.25) is 5.95 Å². The van der Waals surface area contributed by atoms with Crippen LogP contribution in [0.25, 0.3) is 0 Å². The molecule has 0 fully saturated rings. The van der Waals surface area contributed by atoms with Gasteiger partial charge in [0.15, 0.2) is 0 Å². The smallest absolute Gasteiger partial charge is 0.222 e. The van der Waals surface area contributed by atoms with Crippen LogP contribution < -0.4 is 5.32 Å². The molecule has 0 unspecified atom stereocenters. The van der Waals surface area contributed by atoms with Crippen molar-refractivity contribution >= 4 is 17.3 Å². The number of nitrogens with one attached hydrogen (secondary N) is 1. The molecule has 0 bridgehead atoms. The van der Waals surface area contributed by atoms with Gasteiger partial charge in [-0.15, -0.1) is 11.3 Å². The lowest BCUT2D eigenvalue weighted by atomic mass is 10.0. The van der Waals surface area contributed by atoms with Crippen molar-refractivity contribution in [3.63, 3.8) is 0 Å². The molecule has 4 heterocycles. The van der Waals surface area contributed by atoms with Gasteiger partial charge in [0.25, 0.3) is 0 Å². The van der Waals surface area contributed by atoms with Gasteiger partial charge in [0, 0.05) is 49.5 Å². The summed E-state index contributed by atoms with van der Waals surface area (Å²) in [6.45, 7) is 3.72. The van der Waals surface area contributed by atoms with Gasteiger partial charge >= 0.3 is 0 Å². The van der Waals surface area contributed by atoms with E-state index in [2.05, 4.69) is 37.7 Å². The molecule has 0 saturated carbocycles. The molecule has 1 aliphatic rings. The van der Waals surface area contributed by atoms with Gasteiger partial charge in [-0.1, -0.05) is 6.07 Å². The van der Waals surface area contributed by atoms with E-state index >= 15 is 0 Å². The average Bonchev–Trinajstić information content (AvgIpc) is 3.22. The van der Waals surface area contributed by atoms with Gasteiger partial charge in [-0.05, 0) is 23.9 Å². The van der Waals surface area contributed by atoms with Crippen LogP contribution in [-0.2, 0) is 33.1 Å². The number of aryl methyl sites for hydroxylation is 1. The predicted molar refractivity (Wildman–Crippen MR) is 94.7 cm³/mol. The van der Waals surface area contributed by atoms with Crippen molar-refractivity contribution in [2.75, 3.05) is 11.9 Å². The first-order valence-electron chi connectivity index (χ1n) is 8.09. The average molecular weight is 340 g/mol.